The topological polar surface area (TPSA) is 24.5 Å². The van der Waals surface area contributed by atoms with Gasteiger partial charge in [-0.05, 0) is 91.6 Å². The van der Waals surface area contributed by atoms with E-state index in [-0.39, 0.29) is 5.75 Å². The molecule has 2 atom stereocenters. The first kappa shape index (κ1) is 22.2. The van der Waals surface area contributed by atoms with E-state index >= 15 is 0 Å². The fourth-order valence-electron chi connectivity index (χ4n) is 4.87. The minimum Gasteiger partial charge on any atom is -0.406 e. The number of aryl methyl sites for hydroxylation is 2. The second-order valence-electron chi connectivity index (χ2n) is 8.53. The molecule has 0 aromatic heterocycles. The average Bonchev–Trinajstić information content (AvgIpc) is 3.19. The molecule has 33 heavy (non-hydrogen) atoms. The third-order valence-electron chi connectivity index (χ3n) is 6.34. The Morgan fingerprint density at radius 1 is 0.818 bits per heavy atom. The van der Waals surface area contributed by atoms with E-state index < -0.39 is 6.36 Å². The first-order valence-electron chi connectivity index (χ1n) is 11.2. The lowest BCUT2D eigenvalue weighted by Gasteiger charge is -2.33. The van der Waals surface area contributed by atoms with E-state index in [1.165, 1.54) is 46.6 Å². The van der Waals surface area contributed by atoms with Gasteiger partial charge in [0.15, 0.2) is 0 Å². The van der Waals surface area contributed by atoms with Crippen molar-refractivity contribution in [3.05, 3.63) is 83.9 Å². The Kier molecular flexibility index (Phi) is 6.25. The lowest BCUT2D eigenvalue weighted by atomic mass is 10.0. The van der Waals surface area contributed by atoms with Crippen molar-refractivity contribution in [1.82, 2.24) is 4.72 Å². The first-order valence-corrected chi connectivity index (χ1v) is 12.0. The average molecular weight is 471 g/mol. The highest BCUT2D eigenvalue weighted by atomic mass is 32.2. The molecule has 1 aliphatic carbocycles. The number of fused-ring (bicyclic) bond motifs is 2. The molecule has 1 N–H and O–H groups in total. The number of rotatable bonds is 5. The van der Waals surface area contributed by atoms with Gasteiger partial charge in [0.05, 0.1) is 0 Å². The quantitative estimate of drug-likeness (QED) is 0.404. The molecule has 0 radical (unpaired) electrons. The molecule has 0 spiro atoms. The Hall–Kier alpha value is -2.64. The van der Waals surface area contributed by atoms with Gasteiger partial charge in [-0.3, -0.25) is 4.72 Å². The predicted octanol–water partition coefficient (Wildman–Crippen LogP) is 7.04. The largest absolute Gasteiger partial charge is 0.573 e. The SMILES string of the molecule is FC(F)(F)Oc1ccc(SNC2CCC(N3c4ccccc4CCc4ccccc43)C2)cc1. The summed E-state index contributed by atoms with van der Waals surface area (Å²) in [6.07, 6.45) is 0.554. The van der Waals surface area contributed by atoms with Crippen molar-refractivity contribution in [1.29, 1.82) is 0 Å². The van der Waals surface area contributed by atoms with Gasteiger partial charge in [-0.15, -0.1) is 13.2 Å². The van der Waals surface area contributed by atoms with E-state index in [4.69, 9.17) is 0 Å². The molecule has 0 amide bonds. The van der Waals surface area contributed by atoms with Crippen LogP contribution < -0.4 is 14.4 Å². The minimum atomic E-state index is -4.67. The van der Waals surface area contributed by atoms with Crippen LogP contribution in [0.25, 0.3) is 0 Å². The summed E-state index contributed by atoms with van der Waals surface area (Å²) in [5.41, 5.74) is 5.39. The molecular formula is C26H25F3N2OS. The molecule has 2 unspecified atom stereocenters. The molecule has 1 heterocycles. The van der Waals surface area contributed by atoms with Gasteiger partial charge in [0.2, 0.25) is 0 Å². The molecule has 3 aromatic carbocycles. The smallest absolute Gasteiger partial charge is 0.406 e. The Labute approximate surface area is 196 Å². The third kappa shape index (κ3) is 5.14. The zero-order valence-corrected chi connectivity index (χ0v) is 18.8. The van der Waals surface area contributed by atoms with Gasteiger partial charge < -0.3 is 9.64 Å². The molecule has 1 saturated carbocycles. The van der Waals surface area contributed by atoms with Crippen LogP contribution in [0, 0.1) is 0 Å². The van der Waals surface area contributed by atoms with E-state index in [0.717, 1.165) is 37.0 Å². The van der Waals surface area contributed by atoms with Crippen molar-refractivity contribution in [3.63, 3.8) is 0 Å². The molecule has 1 aliphatic heterocycles. The number of ether oxygens (including phenoxy) is 1. The van der Waals surface area contributed by atoms with Crippen molar-refractivity contribution in [2.24, 2.45) is 0 Å². The van der Waals surface area contributed by atoms with Gasteiger partial charge in [-0.25, -0.2) is 0 Å². The molecule has 3 aromatic rings. The van der Waals surface area contributed by atoms with Crippen LogP contribution in [0.4, 0.5) is 24.5 Å². The summed E-state index contributed by atoms with van der Waals surface area (Å²) < 4.78 is 44.5. The molecule has 3 nitrogen and oxygen atoms in total. The van der Waals surface area contributed by atoms with E-state index in [2.05, 4.69) is 62.9 Å². The van der Waals surface area contributed by atoms with Crippen molar-refractivity contribution >= 4 is 23.3 Å². The van der Waals surface area contributed by atoms with Crippen LogP contribution in [0.15, 0.2) is 77.7 Å². The Morgan fingerprint density at radius 2 is 1.42 bits per heavy atom. The zero-order chi connectivity index (χ0) is 22.8. The van der Waals surface area contributed by atoms with Crippen LogP contribution in [-0.4, -0.2) is 18.4 Å². The normalized spacial score (nSPS) is 20.2. The number of alkyl halides is 3. The van der Waals surface area contributed by atoms with E-state index in [9.17, 15) is 13.2 Å². The van der Waals surface area contributed by atoms with Crippen LogP contribution in [0.1, 0.15) is 30.4 Å². The maximum absolute atomic E-state index is 12.4. The number of anilines is 2. The monoisotopic (exact) mass is 470 g/mol. The highest BCUT2D eigenvalue weighted by molar-refractivity contribution is 7.97. The van der Waals surface area contributed by atoms with Crippen LogP contribution in [0.3, 0.4) is 0 Å². The molecule has 1 fully saturated rings. The van der Waals surface area contributed by atoms with E-state index in [0.29, 0.717) is 12.1 Å². The number of halogens is 3. The fourth-order valence-corrected chi connectivity index (χ4v) is 5.66. The van der Waals surface area contributed by atoms with Gasteiger partial charge in [0.25, 0.3) is 0 Å². The lowest BCUT2D eigenvalue weighted by molar-refractivity contribution is -0.274. The van der Waals surface area contributed by atoms with Gasteiger partial charge in [-0.1, -0.05) is 36.4 Å². The number of para-hydroxylation sites is 2. The number of hydrogen-bond donors (Lipinski definition) is 1. The molecule has 7 heteroatoms. The number of hydrogen-bond acceptors (Lipinski definition) is 4. The van der Waals surface area contributed by atoms with Gasteiger partial charge >= 0.3 is 6.36 Å². The summed E-state index contributed by atoms with van der Waals surface area (Å²) in [5, 5.41) is 0. The second kappa shape index (κ2) is 9.31. The molecular weight excluding hydrogens is 445 g/mol. The maximum atomic E-state index is 12.4. The van der Waals surface area contributed by atoms with Crippen molar-refractivity contribution < 1.29 is 17.9 Å². The second-order valence-corrected chi connectivity index (χ2v) is 9.44. The van der Waals surface area contributed by atoms with Crippen LogP contribution >= 0.6 is 11.9 Å². The van der Waals surface area contributed by atoms with Crippen LogP contribution in [-0.2, 0) is 12.8 Å². The molecule has 0 bridgehead atoms. The van der Waals surface area contributed by atoms with Crippen molar-refractivity contribution in [3.8, 4) is 5.75 Å². The zero-order valence-electron chi connectivity index (χ0n) is 18.0. The fraction of sp³-hybridized carbons (Fsp3) is 0.308. The summed E-state index contributed by atoms with van der Waals surface area (Å²) in [4.78, 5) is 3.39. The van der Waals surface area contributed by atoms with Gasteiger partial charge in [0.1, 0.15) is 5.75 Å². The number of nitrogens with zero attached hydrogens (tertiary/aromatic N) is 1. The summed E-state index contributed by atoms with van der Waals surface area (Å²) >= 11 is 1.46. The molecule has 5 rings (SSSR count). The van der Waals surface area contributed by atoms with Crippen molar-refractivity contribution in [2.75, 3.05) is 4.90 Å². The number of nitrogens with one attached hydrogen (secondary N) is 1. The first-order chi connectivity index (χ1) is 16.0. The minimum absolute atomic E-state index is 0.203. The predicted molar refractivity (Wildman–Crippen MR) is 126 cm³/mol. The third-order valence-corrected chi connectivity index (χ3v) is 7.30. The standard InChI is InChI=1S/C26H25F3N2OS/c27-26(28,29)32-22-13-15-23(16-14-22)33-30-20-11-12-21(17-20)31-24-7-3-1-5-18(24)9-10-19-6-2-4-8-25(19)31/h1-8,13-16,20-21,30H,9-12,17H2. The van der Waals surface area contributed by atoms with Gasteiger partial charge in [0, 0.05) is 28.4 Å². The summed E-state index contributed by atoms with van der Waals surface area (Å²) in [7, 11) is 0. The highest BCUT2D eigenvalue weighted by Gasteiger charge is 2.33. The Balaban J connectivity index is 1.27. The summed E-state index contributed by atoms with van der Waals surface area (Å²) in [5.74, 6) is -0.203. The van der Waals surface area contributed by atoms with Gasteiger partial charge in [-0.2, -0.15) is 0 Å². The number of benzene rings is 3. The van der Waals surface area contributed by atoms with Crippen LogP contribution in [0.5, 0.6) is 5.75 Å². The summed E-state index contributed by atoms with van der Waals surface area (Å²) in [6.45, 7) is 0. The van der Waals surface area contributed by atoms with E-state index in [1.54, 1.807) is 12.1 Å². The lowest BCUT2D eigenvalue weighted by Crippen LogP contribution is -2.31. The molecule has 172 valence electrons. The maximum Gasteiger partial charge on any atom is 0.573 e. The van der Waals surface area contributed by atoms with E-state index in [1.807, 2.05) is 0 Å². The van der Waals surface area contributed by atoms with Crippen molar-refractivity contribution in [2.45, 2.75) is 55.4 Å². The molecule has 0 saturated heterocycles. The highest BCUT2D eigenvalue weighted by Crippen LogP contribution is 2.41. The Bertz CT molecular complexity index is 1060. The molecule has 2 aliphatic rings. The Morgan fingerprint density at radius 3 is 2.03 bits per heavy atom. The van der Waals surface area contributed by atoms with Crippen LogP contribution in [0.2, 0.25) is 0 Å². The summed E-state index contributed by atoms with van der Waals surface area (Å²) in [6, 6.07) is 24.1.